The van der Waals surface area contributed by atoms with Crippen LogP contribution in [0.4, 0.5) is 0 Å². The predicted octanol–water partition coefficient (Wildman–Crippen LogP) is 2.35. The fraction of sp³-hybridized carbons (Fsp3) is 0.385. The molecule has 1 aliphatic rings. The van der Waals surface area contributed by atoms with Gasteiger partial charge < -0.3 is 14.3 Å². The molecule has 1 unspecified atom stereocenters. The summed E-state index contributed by atoms with van der Waals surface area (Å²) in [6.45, 7) is 2.92. The average molecular weight is 218 g/mol. The Kier molecular flexibility index (Phi) is 2.06. The van der Waals surface area contributed by atoms with Gasteiger partial charge in [0.25, 0.3) is 0 Å². The molecule has 1 N–H and O–H groups in total. The second kappa shape index (κ2) is 3.34. The van der Waals surface area contributed by atoms with Gasteiger partial charge in [-0.3, -0.25) is 0 Å². The van der Waals surface area contributed by atoms with Crippen molar-refractivity contribution in [2.75, 3.05) is 13.2 Å². The lowest BCUT2D eigenvalue weighted by Crippen LogP contribution is -2.24. The monoisotopic (exact) mass is 218 g/mol. The lowest BCUT2D eigenvalue weighted by atomic mass is 10.00. The Balaban J connectivity index is 2.15. The van der Waals surface area contributed by atoms with Crippen LogP contribution in [0.5, 0.6) is 0 Å². The molecule has 0 bridgehead atoms. The maximum atomic E-state index is 10.3. The van der Waals surface area contributed by atoms with E-state index in [-0.39, 0.29) is 0 Å². The maximum Gasteiger partial charge on any atom is 0.147 e. The van der Waals surface area contributed by atoms with Gasteiger partial charge in [-0.05, 0) is 18.6 Å². The fourth-order valence-corrected chi connectivity index (χ4v) is 2.19. The molecule has 1 aliphatic heterocycles. The normalized spacial score (nSPS) is 25.4. The van der Waals surface area contributed by atoms with Crippen LogP contribution in [0.15, 0.2) is 28.7 Å². The minimum atomic E-state index is -0.939. The first-order chi connectivity index (χ1) is 7.69. The molecule has 3 nitrogen and oxygen atoms in total. The molecule has 1 saturated heterocycles. The zero-order chi connectivity index (χ0) is 11.2. The summed E-state index contributed by atoms with van der Waals surface area (Å²) in [6, 6.07) is 7.91. The molecule has 2 aromatic rings. The first-order valence-corrected chi connectivity index (χ1v) is 5.49. The fourth-order valence-electron chi connectivity index (χ4n) is 2.19. The molecule has 1 aromatic heterocycles. The van der Waals surface area contributed by atoms with Crippen molar-refractivity contribution in [3.05, 3.63) is 35.6 Å². The summed E-state index contributed by atoms with van der Waals surface area (Å²) in [5, 5.41) is 11.4. The number of para-hydroxylation sites is 1. The van der Waals surface area contributed by atoms with Gasteiger partial charge in [-0.25, -0.2) is 0 Å². The Bertz CT molecular complexity index is 521. The van der Waals surface area contributed by atoms with Crippen molar-refractivity contribution in [2.24, 2.45) is 0 Å². The highest BCUT2D eigenvalue weighted by Crippen LogP contribution is 2.34. The number of benzene rings is 1. The number of ether oxygens (including phenoxy) is 1. The standard InChI is InChI=1S/C13H14O3/c1-9-3-2-4-10-7-11(16-12(9)10)13(14)5-6-15-8-13/h2-4,7,14H,5-6,8H2,1H3. The minimum Gasteiger partial charge on any atom is -0.458 e. The van der Waals surface area contributed by atoms with Crippen molar-refractivity contribution in [3.63, 3.8) is 0 Å². The summed E-state index contributed by atoms with van der Waals surface area (Å²) in [4.78, 5) is 0. The molecular formula is C13H14O3. The van der Waals surface area contributed by atoms with Crippen molar-refractivity contribution in [1.82, 2.24) is 0 Å². The molecule has 3 heteroatoms. The van der Waals surface area contributed by atoms with Crippen LogP contribution in [0.2, 0.25) is 0 Å². The maximum absolute atomic E-state index is 10.3. The molecule has 0 aliphatic carbocycles. The van der Waals surface area contributed by atoms with Crippen molar-refractivity contribution in [2.45, 2.75) is 18.9 Å². The molecule has 0 saturated carbocycles. The van der Waals surface area contributed by atoms with E-state index in [1.54, 1.807) is 0 Å². The predicted molar refractivity (Wildman–Crippen MR) is 60.3 cm³/mol. The third kappa shape index (κ3) is 1.36. The van der Waals surface area contributed by atoms with Gasteiger partial charge in [-0.15, -0.1) is 0 Å². The van der Waals surface area contributed by atoms with Gasteiger partial charge in [0.1, 0.15) is 16.9 Å². The zero-order valence-corrected chi connectivity index (χ0v) is 9.19. The molecule has 16 heavy (non-hydrogen) atoms. The van der Waals surface area contributed by atoms with Crippen LogP contribution < -0.4 is 0 Å². The zero-order valence-electron chi connectivity index (χ0n) is 9.19. The SMILES string of the molecule is Cc1cccc2cc(C3(O)CCOC3)oc12. The number of hydrogen-bond donors (Lipinski definition) is 1. The molecule has 0 radical (unpaired) electrons. The molecule has 1 atom stereocenters. The lowest BCUT2D eigenvalue weighted by Gasteiger charge is -2.16. The van der Waals surface area contributed by atoms with Gasteiger partial charge in [-0.2, -0.15) is 0 Å². The topological polar surface area (TPSA) is 42.6 Å². The van der Waals surface area contributed by atoms with Gasteiger partial charge in [-0.1, -0.05) is 18.2 Å². The van der Waals surface area contributed by atoms with Crippen LogP contribution in [0.25, 0.3) is 11.0 Å². The number of aliphatic hydroxyl groups is 1. The Labute approximate surface area is 93.6 Å². The van der Waals surface area contributed by atoms with Crippen LogP contribution in [0.1, 0.15) is 17.7 Å². The van der Waals surface area contributed by atoms with Crippen molar-refractivity contribution in [1.29, 1.82) is 0 Å². The second-order valence-electron chi connectivity index (χ2n) is 4.44. The summed E-state index contributed by atoms with van der Waals surface area (Å²) in [6.07, 6.45) is 0.603. The molecule has 3 rings (SSSR count). The van der Waals surface area contributed by atoms with Crippen LogP contribution in [-0.2, 0) is 10.3 Å². The van der Waals surface area contributed by atoms with Gasteiger partial charge in [0.15, 0.2) is 0 Å². The van der Waals surface area contributed by atoms with E-state index in [1.807, 2.05) is 31.2 Å². The van der Waals surface area contributed by atoms with E-state index in [0.717, 1.165) is 16.5 Å². The summed E-state index contributed by atoms with van der Waals surface area (Å²) >= 11 is 0. The van der Waals surface area contributed by atoms with Crippen molar-refractivity contribution >= 4 is 11.0 Å². The number of aryl methyl sites for hydroxylation is 1. The van der Waals surface area contributed by atoms with E-state index in [0.29, 0.717) is 25.4 Å². The lowest BCUT2D eigenvalue weighted by molar-refractivity contribution is 0.00577. The number of furan rings is 1. The van der Waals surface area contributed by atoms with Crippen LogP contribution >= 0.6 is 0 Å². The number of fused-ring (bicyclic) bond motifs is 1. The summed E-state index contributed by atoms with van der Waals surface area (Å²) in [5.74, 6) is 0.620. The first kappa shape index (κ1) is 9.87. The summed E-state index contributed by atoms with van der Waals surface area (Å²) < 4.78 is 11.0. The van der Waals surface area contributed by atoms with E-state index in [1.165, 1.54) is 0 Å². The molecule has 1 aromatic carbocycles. The third-order valence-corrected chi connectivity index (χ3v) is 3.20. The van der Waals surface area contributed by atoms with Crippen LogP contribution in [0.3, 0.4) is 0 Å². The molecule has 2 heterocycles. The van der Waals surface area contributed by atoms with Gasteiger partial charge >= 0.3 is 0 Å². The Hall–Kier alpha value is -1.32. The smallest absolute Gasteiger partial charge is 0.147 e. The van der Waals surface area contributed by atoms with Crippen molar-refractivity contribution in [3.8, 4) is 0 Å². The number of rotatable bonds is 1. The highest BCUT2D eigenvalue weighted by Gasteiger charge is 2.37. The average Bonchev–Trinajstić information content (AvgIpc) is 2.85. The van der Waals surface area contributed by atoms with E-state index in [9.17, 15) is 5.11 Å². The minimum absolute atomic E-state index is 0.325. The summed E-state index contributed by atoms with van der Waals surface area (Å²) in [5.41, 5.74) is 1.01. The highest BCUT2D eigenvalue weighted by molar-refractivity contribution is 5.81. The second-order valence-corrected chi connectivity index (χ2v) is 4.44. The Morgan fingerprint density at radius 3 is 2.94 bits per heavy atom. The van der Waals surface area contributed by atoms with E-state index in [2.05, 4.69) is 0 Å². The Morgan fingerprint density at radius 1 is 1.38 bits per heavy atom. The molecule has 0 amide bonds. The van der Waals surface area contributed by atoms with Crippen LogP contribution in [0, 0.1) is 6.92 Å². The molecule has 1 fully saturated rings. The van der Waals surface area contributed by atoms with Gasteiger partial charge in [0.05, 0.1) is 13.2 Å². The highest BCUT2D eigenvalue weighted by atomic mass is 16.5. The van der Waals surface area contributed by atoms with Gasteiger partial charge in [0.2, 0.25) is 0 Å². The third-order valence-electron chi connectivity index (χ3n) is 3.20. The van der Waals surface area contributed by atoms with Crippen LogP contribution in [-0.4, -0.2) is 18.3 Å². The molecule has 84 valence electrons. The van der Waals surface area contributed by atoms with E-state index < -0.39 is 5.60 Å². The van der Waals surface area contributed by atoms with E-state index >= 15 is 0 Å². The largest absolute Gasteiger partial charge is 0.458 e. The molecule has 0 spiro atoms. The number of hydrogen-bond acceptors (Lipinski definition) is 3. The Morgan fingerprint density at radius 2 is 2.25 bits per heavy atom. The quantitative estimate of drug-likeness (QED) is 0.799. The first-order valence-electron chi connectivity index (χ1n) is 5.49. The van der Waals surface area contributed by atoms with E-state index in [4.69, 9.17) is 9.15 Å². The van der Waals surface area contributed by atoms with Gasteiger partial charge in [0, 0.05) is 11.8 Å². The molecular weight excluding hydrogens is 204 g/mol. The van der Waals surface area contributed by atoms with Crippen molar-refractivity contribution < 1.29 is 14.3 Å². The summed E-state index contributed by atoms with van der Waals surface area (Å²) in [7, 11) is 0.